The summed E-state index contributed by atoms with van der Waals surface area (Å²) in [7, 11) is 2.26. The van der Waals surface area contributed by atoms with E-state index in [0.717, 1.165) is 111 Å². The summed E-state index contributed by atoms with van der Waals surface area (Å²) in [5, 5.41) is 5.98. The molecule has 3 aromatic heterocycles. The molecule has 5 amide bonds. The molecule has 6 saturated heterocycles. The summed E-state index contributed by atoms with van der Waals surface area (Å²) >= 11 is 0. The van der Waals surface area contributed by atoms with E-state index in [0.29, 0.717) is 83.1 Å². The summed E-state index contributed by atoms with van der Waals surface area (Å²) in [5.74, 6) is 0.556. The van der Waals surface area contributed by atoms with E-state index >= 15 is 14.4 Å². The Labute approximate surface area is 583 Å². The Kier molecular flexibility index (Phi) is 17.9. The number of hydroxylamine groups is 2. The lowest BCUT2D eigenvalue weighted by Crippen LogP contribution is -2.69. The number of imidazole rings is 3. The molecule has 8 aliphatic rings. The quantitative estimate of drug-likeness (QED) is 0.0423. The smallest absolute Gasteiger partial charge is 0.453 e. The van der Waals surface area contributed by atoms with Crippen LogP contribution in [0, 0.1) is 29.1 Å². The van der Waals surface area contributed by atoms with Gasteiger partial charge in [0.1, 0.15) is 23.5 Å². The standard InChI is InChI=1S/C76H92BN11O12/c1-73(2,3)69(90)88(76(95-9,54-30-35-97-36-31-54)70(91)87-57-27-23-53(40-57)64(87)67-80-42-59(83-67)46-20-24-55(25-21-46)77-99-74(4,5)75(6,7)100-77)98-72(93)85-32-10-11-61(85)65-78-43-60(81-65)51-19-18-49-37-48(16-17-50(49)38-51)44-12-14-45(15-13-44)58-41-79-66(82-58)63-52-22-26-56(39-52)86(63)68(89)62(84-71(92)94-8)47-28-33-96-34-29-47/h12-21,24-25,37-38,41-43,47,52-54,56-57,61-64H,10-11,22-23,26-36,39-40H2,1-9H3,(H,78,81)(H,79,82)(H,80,83)(H,84,92). The van der Waals surface area contributed by atoms with E-state index in [1.54, 1.807) is 38.1 Å². The van der Waals surface area contributed by atoms with Crippen molar-refractivity contribution < 1.29 is 57.1 Å². The largest absolute Gasteiger partial charge is 0.494 e. The van der Waals surface area contributed by atoms with Crippen LogP contribution < -0.4 is 10.8 Å². The molecule has 4 bridgehead atoms. The van der Waals surface area contributed by atoms with Gasteiger partial charge in [0.15, 0.2) is 0 Å². The number of H-pyrrole nitrogens is 3. The highest BCUT2D eigenvalue weighted by Crippen LogP contribution is 2.54. The zero-order chi connectivity index (χ0) is 69.6. The van der Waals surface area contributed by atoms with Crippen molar-refractivity contribution in [3.05, 3.63) is 121 Å². The van der Waals surface area contributed by atoms with Gasteiger partial charge in [-0.3, -0.25) is 19.3 Å². The number of hydrogen-bond acceptors (Lipinski definition) is 15. The monoisotopic (exact) mass is 1360 g/mol. The fourth-order valence-electron chi connectivity index (χ4n) is 17.2. The molecule has 2 aliphatic carbocycles. The number of hydrogen-bond donors (Lipinski definition) is 4. The van der Waals surface area contributed by atoms with Crippen molar-refractivity contribution in [2.24, 2.45) is 29.1 Å². The van der Waals surface area contributed by atoms with Crippen LogP contribution in [-0.2, 0) is 47.5 Å². The SMILES string of the molecule is COC(=O)NC(C(=O)N1C2CCC(C2)C1c1ncc(-c2ccc(-c3ccc4cc(-c5cnc(C6CCCN6C(=O)ON(C(=O)C(C)(C)C)C(OC)(C(=O)N6C7CCC(C7)C6c6ncc(-c7ccc(B8OC(C)(C)C(C)(C)O8)cc7)[nH]6)C6CCOCC6)[nH]5)ccc4c3)cc2)[nH]1)C1CCOCC1. The first-order valence-corrected chi connectivity index (χ1v) is 35.9. The van der Waals surface area contributed by atoms with E-state index in [9.17, 15) is 9.59 Å². The average molecular weight is 1360 g/mol. The maximum absolute atomic E-state index is 16.3. The van der Waals surface area contributed by atoms with Gasteiger partial charge in [-0.2, -0.15) is 0 Å². The number of ether oxygens (including phenoxy) is 4. The number of rotatable bonds is 15. The lowest BCUT2D eigenvalue weighted by atomic mass is 9.79. The molecule has 4 aromatic carbocycles. The molecule has 2 saturated carbocycles. The Bertz CT molecular complexity index is 4190. The van der Waals surface area contributed by atoms with Gasteiger partial charge in [0, 0.05) is 69.1 Å². The van der Waals surface area contributed by atoms with Gasteiger partial charge in [-0.25, -0.2) is 24.5 Å². The van der Waals surface area contributed by atoms with E-state index in [1.165, 1.54) is 14.2 Å². The summed E-state index contributed by atoms with van der Waals surface area (Å²) in [6.45, 7) is 15.5. The molecule has 8 fully saturated rings. The molecular weight excluding hydrogens is 1270 g/mol. The topological polar surface area (TPSA) is 261 Å². The molecule has 7 aromatic rings. The summed E-state index contributed by atoms with van der Waals surface area (Å²) in [5.41, 5.74) is 4.09. The van der Waals surface area contributed by atoms with Crippen molar-refractivity contribution in [3.63, 3.8) is 0 Å². The molecule has 100 heavy (non-hydrogen) atoms. The van der Waals surface area contributed by atoms with Gasteiger partial charge in [0.05, 0.1) is 72.1 Å². The maximum Gasteiger partial charge on any atom is 0.494 e. The van der Waals surface area contributed by atoms with Gasteiger partial charge in [-0.1, -0.05) is 93.6 Å². The van der Waals surface area contributed by atoms with Crippen LogP contribution in [0.4, 0.5) is 9.59 Å². The molecule has 6 aliphatic heterocycles. The van der Waals surface area contributed by atoms with Gasteiger partial charge in [-0.15, -0.1) is 5.06 Å². The third-order valence-corrected chi connectivity index (χ3v) is 23.4. The second kappa shape index (κ2) is 26.5. The van der Waals surface area contributed by atoms with Gasteiger partial charge >= 0.3 is 19.3 Å². The fourth-order valence-corrected chi connectivity index (χ4v) is 17.2. The molecule has 9 heterocycles. The highest BCUT2D eigenvalue weighted by atomic mass is 16.8. The van der Waals surface area contributed by atoms with Crippen LogP contribution in [0.3, 0.4) is 0 Å². The summed E-state index contributed by atoms with van der Waals surface area (Å²) in [4.78, 5) is 111. The lowest BCUT2D eigenvalue weighted by Gasteiger charge is -2.50. The normalized spacial score (nSPS) is 25.2. The van der Waals surface area contributed by atoms with E-state index in [-0.39, 0.29) is 41.8 Å². The van der Waals surface area contributed by atoms with E-state index in [4.69, 9.17) is 48.0 Å². The number of aromatic amines is 3. The van der Waals surface area contributed by atoms with Gasteiger partial charge in [0.2, 0.25) is 5.91 Å². The number of likely N-dealkylation sites (tertiary alicyclic amines) is 3. The van der Waals surface area contributed by atoms with Crippen LogP contribution in [0.25, 0.3) is 55.7 Å². The van der Waals surface area contributed by atoms with E-state index in [1.807, 2.05) is 68.0 Å². The number of nitrogens with zero attached hydrogens (tertiary/aromatic N) is 7. The number of carbonyl (C=O) groups excluding carboxylic acids is 5. The number of fused-ring (bicyclic) bond motifs is 5. The minimum Gasteiger partial charge on any atom is -0.453 e. The number of piperidine rings is 2. The third-order valence-electron chi connectivity index (χ3n) is 23.4. The highest BCUT2D eigenvalue weighted by Gasteiger charge is 2.64. The van der Waals surface area contributed by atoms with Crippen LogP contribution in [-0.4, -0.2) is 169 Å². The first-order valence-electron chi connectivity index (χ1n) is 35.9. The van der Waals surface area contributed by atoms with Crippen LogP contribution >= 0.6 is 0 Å². The number of benzene rings is 4. The number of aromatic nitrogens is 6. The Balaban J connectivity index is 0.638. The molecule has 526 valence electrons. The summed E-state index contributed by atoms with van der Waals surface area (Å²) in [6, 6.07) is 27.1. The van der Waals surface area contributed by atoms with Crippen molar-refractivity contribution >= 4 is 53.3 Å². The van der Waals surface area contributed by atoms with Crippen molar-refractivity contribution in [1.29, 1.82) is 0 Å². The maximum atomic E-state index is 16.3. The van der Waals surface area contributed by atoms with Crippen LogP contribution in [0.15, 0.2) is 104 Å². The van der Waals surface area contributed by atoms with Gasteiger partial charge < -0.3 is 63.2 Å². The lowest BCUT2D eigenvalue weighted by molar-refractivity contribution is -0.285. The molecule has 15 rings (SSSR count). The van der Waals surface area contributed by atoms with Crippen LogP contribution in [0.2, 0.25) is 0 Å². The van der Waals surface area contributed by atoms with Crippen LogP contribution in [0.1, 0.15) is 161 Å². The molecule has 4 N–H and O–H groups in total. The second-order valence-electron chi connectivity index (χ2n) is 30.8. The summed E-state index contributed by atoms with van der Waals surface area (Å²) in [6.07, 6.45) is 12.7. The Morgan fingerprint density at radius 1 is 0.620 bits per heavy atom. The fraction of sp³-hybridized carbons (Fsp3) is 0.526. The Morgan fingerprint density at radius 2 is 1.13 bits per heavy atom. The minimum absolute atomic E-state index is 0.0487. The van der Waals surface area contributed by atoms with Crippen molar-refractivity contribution in [2.45, 2.75) is 179 Å². The number of methoxy groups -OCH3 is 2. The molecule has 0 radical (unpaired) electrons. The van der Waals surface area contributed by atoms with Gasteiger partial charge in [0.25, 0.3) is 17.5 Å². The Morgan fingerprint density at radius 3 is 1.72 bits per heavy atom. The number of amides is 5. The van der Waals surface area contributed by atoms with Crippen LogP contribution in [0.5, 0.6) is 0 Å². The molecular formula is C76H92BN11O12. The molecule has 23 nitrogen and oxygen atoms in total. The predicted octanol–water partition coefficient (Wildman–Crippen LogP) is 11.8. The Hall–Kier alpha value is -8.42. The average Bonchev–Trinajstić information content (AvgIpc) is 1.44. The first-order chi connectivity index (χ1) is 48.1. The zero-order valence-electron chi connectivity index (χ0n) is 58.7. The summed E-state index contributed by atoms with van der Waals surface area (Å²) < 4.78 is 35.8. The van der Waals surface area contributed by atoms with E-state index in [2.05, 4.69) is 80.9 Å². The molecule has 9 atom stereocenters. The second-order valence-corrected chi connectivity index (χ2v) is 30.8. The third kappa shape index (κ3) is 12.1. The predicted molar refractivity (Wildman–Crippen MR) is 373 cm³/mol. The molecule has 9 unspecified atom stereocenters. The van der Waals surface area contributed by atoms with Crippen molar-refractivity contribution in [2.75, 3.05) is 47.2 Å². The van der Waals surface area contributed by atoms with Crippen molar-refractivity contribution in [3.8, 4) is 44.9 Å². The van der Waals surface area contributed by atoms with Gasteiger partial charge in [-0.05, 0) is 173 Å². The molecule has 0 spiro atoms. The number of nitrogens with one attached hydrogen (secondary N) is 4. The zero-order valence-corrected chi connectivity index (χ0v) is 58.7. The number of carbonyl (C=O) groups is 5. The minimum atomic E-state index is -2.07. The highest BCUT2D eigenvalue weighted by molar-refractivity contribution is 6.62. The number of alkyl carbamates (subject to hydrolysis) is 1. The van der Waals surface area contributed by atoms with Crippen molar-refractivity contribution in [1.82, 2.24) is 55.0 Å². The first kappa shape index (κ1) is 67.4. The van der Waals surface area contributed by atoms with E-state index < -0.39 is 77.5 Å². The molecule has 24 heteroatoms.